The largest absolute Gasteiger partial charge is 0.416 e. The lowest BCUT2D eigenvalue weighted by atomic mass is 9.98. The number of benzene rings is 4. The fourth-order valence-electron chi connectivity index (χ4n) is 5.06. The van der Waals surface area contributed by atoms with E-state index >= 15 is 0 Å². The summed E-state index contributed by atoms with van der Waals surface area (Å²) in [4.78, 5) is 8.04. The molecule has 192 valence electrons. The predicted octanol–water partition coefficient (Wildman–Crippen LogP) is 7.98. The average Bonchev–Trinajstić information content (AvgIpc) is 3.29. The van der Waals surface area contributed by atoms with E-state index in [1.807, 2.05) is 59.2 Å². The van der Waals surface area contributed by atoms with E-state index in [1.54, 1.807) is 37.5 Å². The van der Waals surface area contributed by atoms with E-state index in [9.17, 15) is 18.4 Å². The molecule has 40 heavy (non-hydrogen) atoms. The van der Waals surface area contributed by atoms with Gasteiger partial charge in [0.1, 0.15) is 12.1 Å². The van der Waals surface area contributed by atoms with Gasteiger partial charge in [-0.25, -0.2) is 9.97 Å². The number of aryl methyl sites for hydroxylation is 1. The zero-order chi connectivity index (χ0) is 28.0. The molecule has 0 saturated heterocycles. The molecule has 0 saturated carbocycles. The lowest BCUT2D eigenvalue weighted by molar-refractivity contribution is -0.137. The van der Waals surface area contributed by atoms with Crippen LogP contribution in [0.3, 0.4) is 0 Å². The number of hydrogen-bond acceptors (Lipinski definition) is 4. The van der Waals surface area contributed by atoms with Crippen molar-refractivity contribution < 1.29 is 13.2 Å². The number of nitrogens with zero attached hydrogens (tertiary/aromatic N) is 5. The highest BCUT2D eigenvalue weighted by Gasteiger charge is 2.31. The molecule has 5 nitrogen and oxygen atoms in total. The molecule has 0 bridgehead atoms. The Balaban J connectivity index is 1.54. The second-order valence-electron chi connectivity index (χ2n) is 9.42. The molecule has 6 rings (SSSR count). The smallest absolute Gasteiger partial charge is 0.308 e. The highest BCUT2D eigenvalue weighted by Crippen LogP contribution is 2.38. The lowest BCUT2D eigenvalue weighted by Gasteiger charge is -2.13. The summed E-state index contributed by atoms with van der Waals surface area (Å²) in [7, 11) is 0. The SMILES string of the molecule is Cc1cc(-c2ccc3c(c2)c2ccccc2n3-c2ccc(-c3cnc(C#N)nc3)cc2C#N)cc(C(F)(F)F)c1. The van der Waals surface area contributed by atoms with Gasteiger partial charge in [0.05, 0.1) is 27.8 Å². The topological polar surface area (TPSA) is 78.3 Å². The Bertz CT molecular complexity index is 2020. The molecule has 2 aromatic heterocycles. The summed E-state index contributed by atoms with van der Waals surface area (Å²) < 4.78 is 42.5. The van der Waals surface area contributed by atoms with Gasteiger partial charge in [0.15, 0.2) is 0 Å². The molecule has 0 aliphatic rings. The number of halogens is 3. The van der Waals surface area contributed by atoms with Gasteiger partial charge < -0.3 is 4.57 Å². The maximum Gasteiger partial charge on any atom is 0.416 e. The van der Waals surface area contributed by atoms with Crippen LogP contribution in [0.1, 0.15) is 22.5 Å². The van der Waals surface area contributed by atoms with Gasteiger partial charge >= 0.3 is 6.18 Å². The summed E-state index contributed by atoms with van der Waals surface area (Å²) >= 11 is 0. The van der Waals surface area contributed by atoms with Crippen LogP contribution < -0.4 is 0 Å². The molecule has 0 amide bonds. The molecule has 2 heterocycles. The van der Waals surface area contributed by atoms with Crippen LogP contribution in [0, 0.1) is 29.6 Å². The lowest BCUT2D eigenvalue weighted by Crippen LogP contribution is -2.05. The standard InChI is InChI=1S/C32H18F3N5/c1-19-10-22(13-25(11-19)32(33,34)35)21-7-9-30-27(14-21)26-4-2-3-5-29(26)40(30)28-8-6-20(12-23(28)15-36)24-17-38-31(16-37)39-18-24/h2-14,17-18H,1H3. The van der Waals surface area contributed by atoms with E-state index < -0.39 is 11.7 Å². The van der Waals surface area contributed by atoms with Crippen molar-refractivity contribution in [3.8, 4) is 40.1 Å². The van der Waals surface area contributed by atoms with Crippen LogP contribution in [0.25, 0.3) is 49.7 Å². The molecule has 0 atom stereocenters. The first kappa shape index (κ1) is 24.8. The number of fused-ring (bicyclic) bond motifs is 3. The molecule has 0 radical (unpaired) electrons. The Kier molecular flexibility index (Phi) is 5.82. The second kappa shape index (κ2) is 9.37. The second-order valence-corrected chi connectivity index (χ2v) is 9.42. The van der Waals surface area contributed by atoms with Crippen molar-refractivity contribution in [3.63, 3.8) is 0 Å². The van der Waals surface area contributed by atoms with Gasteiger partial charge in [0, 0.05) is 28.7 Å². The quantitative estimate of drug-likeness (QED) is 0.233. The molecule has 6 aromatic rings. The first-order valence-corrected chi connectivity index (χ1v) is 12.3. The Morgan fingerprint density at radius 3 is 2.12 bits per heavy atom. The summed E-state index contributed by atoms with van der Waals surface area (Å²) in [6.45, 7) is 1.65. The van der Waals surface area contributed by atoms with E-state index in [0.29, 0.717) is 33.5 Å². The number of nitriles is 2. The number of para-hydroxylation sites is 1. The van der Waals surface area contributed by atoms with Gasteiger partial charge in [0.25, 0.3) is 0 Å². The molecule has 0 unspecified atom stereocenters. The normalized spacial score (nSPS) is 11.4. The van der Waals surface area contributed by atoms with Crippen molar-refractivity contribution in [2.75, 3.05) is 0 Å². The van der Waals surface area contributed by atoms with Crippen LogP contribution in [0.4, 0.5) is 13.2 Å². The van der Waals surface area contributed by atoms with Crippen LogP contribution in [0.2, 0.25) is 0 Å². The summed E-state index contributed by atoms with van der Waals surface area (Å²) in [5, 5.41) is 20.8. The minimum atomic E-state index is -4.44. The van der Waals surface area contributed by atoms with Gasteiger partial charge in [-0.1, -0.05) is 36.4 Å². The number of aromatic nitrogens is 3. The maximum absolute atomic E-state index is 13.5. The molecular formula is C32H18F3N5. The summed E-state index contributed by atoms with van der Waals surface area (Å²) in [5.41, 5.74) is 5.16. The molecule has 0 spiro atoms. The van der Waals surface area contributed by atoms with Gasteiger partial charge in [-0.3, -0.25) is 0 Å². The Labute approximate surface area is 227 Å². The minimum absolute atomic E-state index is 0.0609. The molecule has 4 aromatic carbocycles. The van der Waals surface area contributed by atoms with Crippen molar-refractivity contribution in [3.05, 3.63) is 114 Å². The van der Waals surface area contributed by atoms with Gasteiger partial charge in [-0.15, -0.1) is 0 Å². The fourth-order valence-corrected chi connectivity index (χ4v) is 5.06. The highest BCUT2D eigenvalue weighted by molar-refractivity contribution is 6.10. The molecule has 0 fully saturated rings. The van der Waals surface area contributed by atoms with Crippen molar-refractivity contribution in [1.82, 2.24) is 14.5 Å². The van der Waals surface area contributed by atoms with Crippen LogP contribution in [0.5, 0.6) is 0 Å². The van der Waals surface area contributed by atoms with E-state index in [2.05, 4.69) is 16.0 Å². The molecule has 0 aliphatic carbocycles. The predicted molar refractivity (Wildman–Crippen MR) is 146 cm³/mol. The van der Waals surface area contributed by atoms with E-state index in [4.69, 9.17) is 5.26 Å². The van der Waals surface area contributed by atoms with Crippen LogP contribution in [-0.2, 0) is 6.18 Å². The van der Waals surface area contributed by atoms with Crippen LogP contribution in [0.15, 0.2) is 91.3 Å². The van der Waals surface area contributed by atoms with Gasteiger partial charge in [-0.2, -0.15) is 23.7 Å². The number of hydrogen-bond donors (Lipinski definition) is 0. The van der Waals surface area contributed by atoms with Crippen molar-refractivity contribution >= 4 is 21.8 Å². The highest BCUT2D eigenvalue weighted by atomic mass is 19.4. The molecule has 0 aliphatic heterocycles. The Morgan fingerprint density at radius 2 is 1.40 bits per heavy atom. The average molecular weight is 530 g/mol. The monoisotopic (exact) mass is 529 g/mol. The van der Waals surface area contributed by atoms with E-state index in [0.717, 1.165) is 33.4 Å². The first-order valence-electron chi connectivity index (χ1n) is 12.3. The van der Waals surface area contributed by atoms with Crippen molar-refractivity contribution in [1.29, 1.82) is 10.5 Å². The Morgan fingerprint density at radius 1 is 0.700 bits per heavy atom. The van der Waals surface area contributed by atoms with Crippen molar-refractivity contribution in [2.24, 2.45) is 0 Å². The van der Waals surface area contributed by atoms with E-state index in [1.165, 1.54) is 6.07 Å². The molecular weight excluding hydrogens is 511 g/mol. The van der Waals surface area contributed by atoms with Crippen LogP contribution in [-0.4, -0.2) is 14.5 Å². The Hall–Kier alpha value is -5.47. The van der Waals surface area contributed by atoms with Gasteiger partial charge in [-0.05, 0) is 71.6 Å². The maximum atomic E-state index is 13.5. The number of alkyl halides is 3. The third-order valence-electron chi connectivity index (χ3n) is 6.85. The van der Waals surface area contributed by atoms with E-state index in [-0.39, 0.29) is 5.82 Å². The van der Waals surface area contributed by atoms with Gasteiger partial charge in [0.2, 0.25) is 5.82 Å². The van der Waals surface area contributed by atoms with Crippen molar-refractivity contribution in [2.45, 2.75) is 13.1 Å². The summed E-state index contributed by atoms with van der Waals surface area (Å²) in [6.07, 6.45) is -1.36. The third-order valence-corrected chi connectivity index (χ3v) is 6.85. The molecule has 0 N–H and O–H groups in total. The zero-order valence-corrected chi connectivity index (χ0v) is 21.0. The third kappa shape index (κ3) is 4.22. The zero-order valence-electron chi connectivity index (χ0n) is 21.0. The fraction of sp³-hybridized carbons (Fsp3) is 0.0625. The molecule has 8 heteroatoms. The number of rotatable bonds is 3. The van der Waals surface area contributed by atoms with Crippen LogP contribution >= 0.6 is 0 Å². The first-order chi connectivity index (χ1) is 19.3. The minimum Gasteiger partial charge on any atom is -0.308 e. The summed E-state index contributed by atoms with van der Waals surface area (Å²) in [5.74, 6) is 0.0609. The summed E-state index contributed by atoms with van der Waals surface area (Å²) in [6, 6.07) is 27.0.